The highest BCUT2D eigenvalue weighted by molar-refractivity contribution is 6.42. The normalized spacial score (nSPS) is 24.8. The number of fused-ring (bicyclic) bond motifs is 1. The molecule has 22 heavy (non-hydrogen) atoms. The summed E-state index contributed by atoms with van der Waals surface area (Å²) in [5, 5.41) is 4.22. The van der Waals surface area contributed by atoms with E-state index in [0.717, 1.165) is 39.0 Å². The zero-order valence-electron chi connectivity index (χ0n) is 12.6. The highest BCUT2D eigenvalue weighted by Crippen LogP contribution is 2.33. The van der Waals surface area contributed by atoms with E-state index < -0.39 is 0 Å². The van der Waals surface area contributed by atoms with Gasteiger partial charge in [0.25, 0.3) is 5.91 Å². The fourth-order valence-electron chi connectivity index (χ4n) is 3.46. The lowest BCUT2D eigenvalue weighted by Crippen LogP contribution is -2.33. The minimum atomic E-state index is -0.0247. The van der Waals surface area contributed by atoms with Gasteiger partial charge in [0.05, 0.1) is 22.7 Å². The fraction of sp³-hybridized carbons (Fsp3) is 0.562. The molecule has 0 aliphatic carbocycles. The van der Waals surface area contributed by atoms with E-state index in [4.69, 9.17) is 27.9 Å². The lowest BCUT2D eigenvalue weighted by atomic mass is 9.92. The molecular weight excluding hydrogens is 323 g/mol. The Morgan fingerprint density at radius 3 is 2.36 bits per heavy atom. The molecular formula is C16H20Cl2N2O2. The van der Waals surface area contributed by atoms with E-state index in [1.54, 1.807) is 12.1 Å². The van der Waals surface area contributed by atoms with Gasteiger partial charge in [-0.15, -0.1) is 0 Å². The molecule has 2 fully saturated rings. The molecule has 1 aromatic carbocycles. The summed E-state index contributed by atoms with van der Waals surface area (Å²) in [4.78, 5) is 14.8. The maximum Gasteiger partial charge on any atom is 0.257 e. The monoisotopic (exact) mass is 342 g/mol. The van der Waals surface area contributed by atoms with Crippen LogP contribution in [0.3, 0.4) is 0 Å². The summed E-state index contributed by atoms with van der Waals surface area (Å²) >= 11 is 12.1. The number of ether oxygens (including phenoxy) is 1. The third-order valence-corrected chi connectivity index (χ3v) is 5.50. The van der Waals surface area contributed by atoms with Crippen LogP contribution in [0.5, 0.6) is 5.75 Å². The Bertz CT molecular complexity index is 566. The third kappa shape index (κ3) is 3.05. The van der Waals surface area contributed by atoms with E-state index in [1.807, 2.05) is 4.90 Å². The number of rotatable bonds is 2. The number of amides is 1. The van der Waals surface area contributed by atoms with Crippen LogP contribution in [0, 0.1) is 11.8 Å². The highest BCUT2D eigenvalue weighted by atomic mass is 35.5. The second-order valence-electron chi connectivity index (χ2n) is 6.01. The predicted octanol–water partition coefficient (Wildman–Crippen LogP) is 3.07. The minimum Gasteiger partial charge on any atom is -0.496 e. The second-order valence-corrected chi connectivity index (χ2v) is 6.83. The average Bonchev–Trinajstić information content (AvgIpc) is 2.87. The largest absolute Gasteiger partial charge is 0.496 e. The van der Waals surface area contributed by atoms with Gasteiger partial charge in [-0.25, -0.2) is 0 Å². The van der Waals surface area contributed by atoms with E-state index in [0.29, 0.717) is 33.2 Å². The molecule has 2 heterocycles. The molecule has 0 unspecified atom stereocenters. The number of nitrogens with one attached hydrogen (secondary N) is 1. The maximum atomic E-state index is 12.8. The van der Waals surface area contributed by atoms with Crippen LogP contribution in [0.2, 0.25) is 10.0 Å². The minimum absolute atomic E-state index is 0.0247. The molecule has 0 aromatic heterocycles. The van der Waals surface area contributed by atoms with Crippen molar-refractivity contribution in [1.29, 1.82) is 0 Å². The van der Waals surface area contributed by atoms with Crippen molar-refractivity contribution in [3.05, 3.63) is 27.7 Å². The lowest BCUT2D eigenvalue weighted by Gasteiger charge is -2.22. The van der Waals surface area contributed by atoms with Crippen molar-refractivity contribution in [2.24, 2.45) is 11.8 Å². The van der Waals surface area contributed by atoms with Gasteiger partial charge in [-0.3, -0.25) is 4.79 Å². The van der Waals surface area contributed by atoms with E-state index in [2.05, 4.69) is 5.32 Å². The maximum absolute atomic E-state index is 12.8. The van der Waals surface area contributed by atoms with Crippen LogP contribution in [0.25, 0.3) is 0 Å². The molecule has 0 radical (unpaired) electrons. The Hall–Kier alpha value is -0.970. The highest BCUT2D eigenvalue weighted by Gasteiger charge is 2.32. The van der Waals surface area contributed by atoms with Gasteiger partial charge in [0.15, 0.2) is 0 Å². The van der Waals surface area contributed by atoms with Crippen molar-refractivity contribution in [2.75, 3.05) is 33.3 Å². The van der Waals surface area contributed by atoms with Crippen LogP contribution in [0.1, 0.15) is 23.2 Å². The molecule has 2 aliphatic rings. The van der Waals surface area contributed by atoms with Crippen molar-refractivity contribution >= 4 is 29.1 Å². The Labute approximate surface area is 140 Å². The van der Waals surface area contributed by atoms with E-state index >= 15 is 0 Å². The zero-order valence-corrected chi connectivity index (χ0v) is 14.1. The van der Waals surface area contributed by atoms with Gasteiger partial charge in [-0.05, 0) is 43.8 Å². The van der Waals surface area contributed by atoms with Gasteiger partial charge in [-0.2, -0.15) is 0 Å². The SMILES string of the molecule is COc1cc(Cl)c(Cl)cc1C(=O)N1CC[C@@H]2CNC[C@@H]2CC1. The first-order valence-corrected chi connectivity index (χ1v) is 8.38. The summed E-state index contributed by atoms with van der Waals surface area (Å²) in [5.41, 5.74) is 0.488. The van der Waals surface area contributed by atoms with Gasteiger partial charge in [-0.1, -0.05) is 23.2 Å². The average molecular weight is 343 g/mol. The number of nitrogens with zero attached hydrogens (tertiary/aromatic N) is 1. The number of carbonyl (C=O) groups is 1. The Morgan fingerprint density at radius 1 is 1.18 bits per heavy atom. The van der Waals surface area contributed by atoms with E-state index in [-0.39, 0.29) is 5.91 Å². The molecule has 0 bridgehead atoms. The Morgan fingerprint density at radius 2 is 1.77 bits per heavy atom. The van der Waals surface area contributed by atoms with Crippen molar-refractivity contribution in [2.45, 2.75) is 12.8 Å². The number of methoxy groups -OCH3 is 1. The van der Waals surface area contributed by atoms with E-state index in [1.165, 1.54) is 7.11 Å². The first-order valence-electron chi connectivity index (χ1n) is 7.63. The molecule has 2 aliphatic heterocycles. The number of likely N-dealkylation sites (tertiary alicyclic amines) is 1. The molecule has 6 heteroatoms. The summed E-state index contributed by atoms with van der Waals surface area (Å²) in [6.07, 6.45) is 2.10. The first-order chi connectivity index (χ1) is 10.6. The Balaban J connectivity index is 1.80. The third-order valence-electron chi connectivity index (χ3n) is 4.78. The number of benzene rings is 1. The standard InChI is InChI=1S/C16H20Cl2N2O2/c1-22-15-7-14(18)13(17)6-12(15)16(21)20-4-2-10-8-19-9-11(10)3-5-20/h6-7,10-11,19H,2-5,8-9H2,1H3/t10-,11+. The van der Waals surface area contributed by atoms with Crippen molar-refractivity contribution in [3.63, 3.8) is 0 Å². The summed E-state index contributed by atoms with van der Waals surface area (Å²) in [5.74, 6) is 1.83. The zero-order chi connectivity index (χ0) is 15.7. The fourth-order valence-corrected chi connectivity index (χ4v) is 3.77. The molecule has 1 N–H and O–H groups in total. The van der Waals surface area contributed by atoms with Crippen LogP contribution in [0.4, 0.5) is 0 Å². The number of hydrogen-bond acceptors (Lipinski definition) is 3. The van der Waals surface area contributed by atoms with Crippen molar-refractivity contribution < 1.29 is 9.53 Å². The number of halogens is 2. The molecule has 2 atom stereocenters. The van der Waals surface area contributed by atoms with Crippen molar-refractivity contribution in [1.82, 2.24) is 10.2 Å². The topological polar surface area (TPSA) is 41.6 Å². The van der Waals surface area contributed by atoms with Crippen LogP contribution in [-0.2, 0) is 0 Å². The molecule has 1 aromatic rings. The van der Waals surface area contributed by atoms with Gasteiger partial charge in [0.2, 0.25) is 0 Å². The van der Waals surface area contributed by atoms with Crippen LogP contribution in [0.15, 0.2) is 12.1 Å². The molecule has 120 valence electrons. The van der Waals surface area contributed by atoms with Crippen LogP contribution >= 0.6 is 23.2 Å². The first kappa shape index (κ1) is 15.9. The molecule has 3 rings (SSSR count). The molecule has 1 amide bonds. The lowest BCUT2D eigenvalue weighted by molar-refractivity contribution is 0.0755. The van der Waals surface area contributed by atoms with Crippen molar-refractivity contribution in [3.8, 4) is 5.75 Å². The van der Waals surface area contributed by atoms with E-state index in [9.17, 15) is 4.79 Å². The quantitative estimate of drug-likeness (QED) is 0.897. The Kier molecular flexibility index (Phi) is 4.81. The predicted molar refractivity (Wildman–Crippen MR) is 88.0 cm³/mol. The van der Waals surface area contributed by atoms with Crippen LogP contribution in [-0.4, -0.2) is 44.1 Å². The summed E-state index contributed by atoms with van der Waals surface area (Å²) in [6.45, 7) is 3.71. The van der Waals surface area contributed by atoms with Gasteiger partial charge >= 0.3 is 0 Å². The van der Waals surface area contributed by atoms with Gasteiger partial charge in [0, 0.05) is 19.2 Å². The molecule has 2 saturated heterocycles. The molecule has 0 spiro atoms. The second kappa shape index (κ2) is 6.65. The van der Waals surface area contributed by atoms with Crippen LogP contribution < -0.4 is 10.1 Å². The molecule has 4 nitrogen and oxygen atoms in total. The summed E-state index contributed by atoms with van der Waals surface area (Å²) < 4.78 is 5.30. The number of carbonyl (C=O) groups excluding carboxylic acids is 1. The number of hydrogen-bond donors (Lipinski definition) is 1. The van der Waals surface area contributed by atoms with Gasteiger partial charge in [0.1, 0.15) is 5.75 Å². The van der Waals surface area contributed by atoms with Gasteiger partial charge < -0.3 is 15.0 Å². The summed E-state index contributed by atoms with van der Waals surface area (Å²) in [7, 11) is 1.54. The smallest absolute Gasteiger partial charge is 0.257 e. The summed E-state index contributed by atoms with van der Waals surface area (Å²) in [6, 6.07) is 3.21. The molecule has 0 saturated carbocycles.